The maximum atomic E-state index is 11.8. The van der Waals surface area contributed by atoms with E-state index in [-0.39, 0.29) is 30.5 Å². The standard InChI is InChI=1S/C15H21N3O3/c16-11-6-4-10(5-7-11)15(21)17-9-14(20)18-12-2-1-3-13(19)8-12/h4-7,12-13,19H,1-3,8-9,16H2,(H,17,21)(H,18,20). The van der Waals surface area contributed by atoms with E-state index in [0.717, 1.165) is 19.3 Å². The molecule has 0 radical (unpaired) electrons. The summed E-state index contributed by atoms with van der Waals surface area (Å²) in [5.41, 5.74) is 6.59. The molecule has 2 unspecified atom stereocenters. The van der Waals surface area contributed by atoms with Crippen LogP contribution < -0.4 is 16.4 Å². The van der Waals surface area contributed by atoms with Crippen molar-refractivity contribution in [2.75, 3.05) is 12.3 Å². The van der Waals surface area contributed by atoms with E-state index >= 15 is 0 Å². The number of hydrogen-bond acceptors (Lipinski definition) is 4. The molecule has 0 bridgehead atoms. The summed E-state index contributed by atoms with van der Waals surface area (Å²) in [5.74, 6) is -0.549. The molecule has 0 aromatic heterocycles. The van der Waals surface area contributed by atoms with Gasteiger partial charge in [0.2, 0.25) is 5.91 Å². The fourth-order valence-corrected chi connectivity index (χ4v) is 2.47. The van der Waals surface area contributed by atoms with Gasteiger partial charge in [0.1, 0.15) is 0 Å². The minimum Gasteiger partial charge on any atom is -0.399 e. The van der Waals surface area contributed by atoms with Crippen LogP contribution in [0.15, 0.2) is 24.3 Å². The van der Waals surface area contributed by atoms with Crippen LogP contribution in [0.1, 0.15) is 36.0 Å². The number of nitrogens with two attached hydrogens (primary N) is 1. The summed E-state index contributed by atoms with van der Waals surface area (Å²) in [6, 6.07) is 6.49. The first kappa shape index (κ1) is 15.3. The van der Waals surface area contributed by atoms with Gasteiger partial charge in [-0.05, 0) is 49.9 Å². The van der Waals surface area contributed by atoms with Crippen LogP contribution in [0.25, 0.3) is 0 Å². The van der Waals surface area contributed by atoms with Gasteiger partial charge in [0, 0.05) is 17.3 Å². The average molecular weight is 291 g/mol. The zero-order valence-electron chi connectivity index (χ0n) is 11.8. The number of nitrogen functional groups attached to an aromatic ring is 1. The van der Waals surface area contributed by atoms with Crippen molar-refractivity contribution < 1.29 is 14.7 Å². The van der Waals surface area contributed by atoms with Gasteiger partial charge in [-0.15, -0.1) is 0 Å². The molecule has 1 saturated carbocycles. The van der Waals surface area contributed by atoms with Gasteiger partial charge < -0.3 is 21.5 Å². The first-order valence-corrected chi connectivity index (χ1v) is 7.16. The van der Waals surface area contributed by atoms with E-state index in [1.165, 1.54) is 0 Å². The molecule has 21 heavy (non-hydrogen) atoms. The molecule has 6 nitrogen and oxygen atoms in total. The number of hydrogen-bond donors (Lipinski definition) is 4. The van der Waals surface area contributed by atoms with Crippen LogP contribution in [0.3, 0.4) is 0 Å². The molecule has 2 amide bonds. The lowest BCUT2D eigenvalue weighted by molar-refractivity contribution is -0.121. The molecule has 1 aliphatic carbocycles. The molecular formula is C15H21N3O3. The largest absolute Gasteiger partial charge is 0.399 e. The van der Waals surface area contributed by atoms with E-state index in [9.17, 15) is 14.7 Å². The highest BCUT2D eigenvalue weighted by atomic mass is 16.3. The summed E-state index contributed by atoms with van der Waals surface area (Å²) in [6.07, 6.45) is 2.81. The molecule has 0 heterocycles. The Kier molecular flexibility index (Phi) is 5.16. The van der Waals surface area contributed by atoms with Gasteiger partial charge in [0.25, 0.3) is 5.91 Å². The van der Waals surface area contributed by atoms with E-state index in [4.69, 9.17) is 5.73 Å². The molecule has 0 spiro atoms. The molecule has 2 rings (SSSR count). The Morgan fingerprint density at radius 3 is 2.62 bits per heavy atom. The lowest BCUT2D eigenvalue weighted by Gasteiger charge is -2.26. The van der Waals surface area contributed by atoms with Crippen LogP contribution in [-0.2, 0) is 4.79 Å². The Hall–Kier alpha value is -2.08. The number of amides is 2. The predicted molar refractivity (Wildman–Crippen MR) is 79.6 cm³/mol. The van der Waals surface area contributed by atoms with Crippen molar-refractivity contribution >= 4 is 17.5 Å². The normalized spacial score (nSPS) is 21.6. The Morgan fingerprint density at radius 2 is 1.95 bits per heavy atom. The van der Waals surface area contributed by atoms with Crippen LogP contribution in [0.4, 0.5) is 5.69 Å². The molecule has 0 aliphatic heterocycles. The highest BCUT2D eigenvalue weighted by Gasteiger charge is 2.21. The zero-order chi connectivity index (χ0) is 15.2. The molecule has 5 N–H and O–H groups in total. The van der Waals surface area contributed by atoms with Crippen molar-refractivity contribution in [3.8, 4) is 0 Å². The first-order valence-electron chi connectivity index (χ1n) is 7.16. The molecule has 1 fully saturated rings. The third-order valence-electron chi connectivity index (χ3n) is 3.59. The number of nitrogens with one attached hydrogen (secondary N) is 2. The second-order valence-corrected chi connectivity index (χ2v) is 5.39. The third-order valence-corrected chi connectivity index (χ3v) is 3.59. The Labute approximate surface area is 123 Å². The van der Waals surface area contributed by atoms with Gasteiger partial charge in [-0.3, -0.25) is 9.59 Å². The minimum atomic E-state index is -0.339. The highest BCUT2D eigenvalue weighted by Crippen LogP contribution is 2.18. The molecule has 0 saturated heterocycles. The van der Waals surface area contributed by atoms with Crippen LogP contribution >= 0.6 is 0 Å². The van der Waals surface area contributed by atoms with Crippen molar-refractivity contribution in [3.63, 3.8) is 0 Å². The van der Waals surface area contributed by atoms with E-state index in [2.05, 4.69) is 10.6 Å². The fraction of sp³-hybridized carbons (Fsp3) is 0.467. The third kappa shape index (κ3) is 4.75. The number of aliphatic hydroxyl groups is 1. The van der Waals surface area contributed by atoms with Gasteiger partial charge in [0.15, 0.2) is 0 Å². The number of carbonyl (C=O) groups excluding carboxylic acids is 2. The summed E-state index contributed by atoms with van der Waals surface area (Å²) in [7, 11) is 0. The van der Waals surface area contributed by atoms with Crippen molar-refractivity contribution in [1.29, 1.82) is 0 Å². The van der Waals surface area contributed by atoms with Crippen molar-refractivity contribution in [1.82, 2.24) is 10.6 Å². The number of aliphatic hydroxyl groups excluding tert-OH is 1. The second-order valence-electron chi connectivity index (χ2n) is 5.39. The Balaban J connectivity index is 1.75. The smallest absolute Gasteiger partial charge is 0.251 e. The lowest BCUT2D eigenvalue weighted by Crippen LogP contribution is -2.44. The summed E-state index contributed by atoms with van der Waals surface area (Å²) in [6.45, 7) is -0.0736. The maximum Gasteiger partial charge on any atom is 0.251 e. The summed E-state index contributed by atoms with van der Waals surface area (Å²) in [4.78, 5) is 23.6. The van der Waals surface area contributed by atoms with Crippen molar-refractivity contribution in [3.05, 3.63) is 29.8 Å². The second kappa shape index (κ2) is 7.08. The van der Waals surface area contributed by atoms with E-state index in [1.807, 2.05) is 0 Å². The molecule has 1 aliphatic rings. The lowest BCUT2D eigenvalue weighted by atomic mass is 9.93. The maximum absolute atomic E-state index is 11.8. The van der Waals surface area contributed by atoms with Crippen molar-refractivity contribution in [2.45, 2.75) is 37.8 Å². The van der Waals surface area contributed by atoms with Gasteiger partial charge in [-0.1, -0.05) is 0 Å². The number of benzene rings is 1. The van der Waals surface area contributed by atoms with Crippen LogP contribution in [-0.4, -0.2) is 35.6 Å². The van der Waals surface area contributed by atoms with E-state index in [1.54, 1.807) is 24.3 Å². The number of rotatable bonds is 4. The molecule has 2 atom stereocenters. The number of anilines is 1. The molecule has 114 valence electrons. The quantitative estimate of drug-likeness (QED) is 0.603. The number of carbonyl (C=O) groups is 2. The highest BCUT2D eigenvalue weighted by molar-refractivity contribution is 5.96. The minimum absolute atomic E-state index is 0.00493. The average Bonchev–Trinajstić information content (AvgIpc) is 2.45. The topological polar surface area (TPSA) is 104 Å². The SMILES string of the molecule is Nc1ccc(C(=O)NCC(=O)NC2CCCC(O)C2)cc1. The van der Waals surface area contributed by atoms with Crippen LogP contribution in [0, 0.1) is 0 Å². The van der Waals surface area contributed by atoms with E-state index in [0.29, 0.717) is 17.7 Å². The van der Waals surface area contributed by atoms with E-state index < -0.39 is 0 Å². The summed E-state index contributed by atoms with van der Waals surface area (Å²) in [5, 5.41) is 14.9. The Morgan fingerprint density at radius 1 is 1.24 bits per heavy atom. The monoisotopic (exact) mass is 291 g/mol. The fourth-order valence-electron chi connectivity index (χ4n) is 2.47. The van der Waals surface area contributed by atoms with Crippen LogP contribution in [0.5, 0.6) is 0 Å². The molecular weight excluding hydrogens is 270 g/mol. The van der Waals surface area contributed by atoms with Gasteiger partial charge >= 0.3 is 0 Å². The Bertz CT molecular complexity index is 501. The molecule has 1 aromatic carbocycles. The molecule has 1 aromatic rings. The zero-order valence-corrected chi connectivity index (χ0v) is 11.8. The van der Waals surface area contributed by atoms with Gasteiger partial charge in [0.05, 0.1) is 12.6 Å². The predicted octanol–water partition coefficient (Wildman–Crippen LogP) is 0.418. The summed E-state index contributed by atoms with van der Waals surface area (Å²) < 4.78 is 0. The first-order chi connectivity index (χ1) is 10.0. The van der Waals surface area contributed by atoms with Gasteiger partial charge in [-0.2, -0.15) is 0 Å². The van der Waals surface area contributed by atoms with Crippen molar-refractivity contribution in [2.24, 2.45) is 0 Å². The van der Waals surface area contributed by atoms with Gasteiger partial charge in [-0.25, -0.2) is 0 Å². The van der Waals surface area contributed by atoms with Crippen LogP contribution in [0.2, 0.25) is 0 Å². The summed E-state index contributed by atoms with van der Waals surface area (Å²) >= 11 is 0. The molecule has 6 heteroatoms.